The molecule has 1 spiro atoms. The molecule has 6 nitrogen and oxygen atoms in total. The standard InChI is InChI=1S/C31H26N2O4/c1-5-14-33-29(35)28-26(27(34)22-15-19(3)20(4)16-25(22)37-28)31(33)23-12-8-9-13-24(23)32(30(31)36)17-21-11-7-6-10-18(21)2/h5-13,15-16H,1,14,17H2,2-4H3. The van der Waals surface area contributed by atoms with Crippen LogP contribution in [0.2, 0.25) is 0 Å². The van der Waals surface area contributed by atoms with E-state index in [2.05, 4.69) is 6.58 Å². The van der Waals surface area contributed by atoms with Gasteiger partial charge in [-0.05, 0) is 61.2 Å². The van der Waals surface area contributed by atoms with Crippen LogP contribution in [0.3, 0.4) is 0 Å². The highest BCUT2D eigenvalue weighted by Crippen LogP contribution is 2.52. The summed E-state index contributed by atoms with van der Waals surface area (Å²) in [5.41, 5.74) is 3.61. The second-order valence-corrected chi connectivity index (χ2v) is 9.82. The van der Waals surface area contributed by atoms with Crippen molar-refractivity contribution in [1.29, 1.82) is 0 Å². The first-order chi connectivity index (χ1) is 17.8. The van der Waals surface area contributed by atoms with Crippen LogP contribution in [-0.2, 0) is 16.9 Å². The minimum Gasteiger partial charge on any atom is -0.450 e. The van der Waals surface area contributed by atoms with Crippen molar-refractivity contribution in [3.63, 3.8) is 0 Å². The third-order valence-electron chi connectivity index (χ3n) is 7.75. The molecule has 1 atom stereocenters. The maximum atomic E-state index is 14.6. The van der Waals surface area contributed by atoms with E-state index >= 15 is 0 Å². The van der Waals surface area contributed by atoms with Crippen molar-refractivity contribution in [3.05, 3.63) is 123 Å². The van der Waals surface area contributed by atoms with Gasteiger partial charge in [-0.3, -0.25) is 14.4 Å². The number of aryl methyl sites for hydroxylation is 3. The number of anilines is 1. The van der Waals surface area contributed by atoms with Crippen molar-refractivity contribution in [3.8, 4) is 0 Å². The van der Waals surface area contributed by atoms with Gasteiger partial charge in [0.15, 0.2) is 11.0 Å². The Bertz CT molecular complexity index is 1720. The molecule has 0 fully saturated rings. The monoisotopic (exact) mass is 490 g/mol. The molecule has 3 heterocycles. The lowest BCUT2D eigenvalue weighted by Crippen LogP contribution is -2.53. The van der Waals surface area contributed by atoms with Gasteiger partial charge >= 0.3 is 0 Å². The van der Waals surface area contributed by atoms with Crippen LogP contribution in [0.25, 0.3) is 11.0 Å². The van der Waals surface area contributed by atoms with Crippen LogP contribution in [0, 0.1) is 20.8 Å². The second-order valence-electron chi connectivity index (χ2n) is 9.82. The number of fused-ring (bicyclic) bond motifs is 5. The summed E-state index contributed by atoms with van der Waals surface area (Å²) in [5, 5.41) is 0.358. The highest BCUT2D eigenvalue weighted by atomic mass is 16.3. The van der Waals surface area contributed by atoms with Crippen molar-refractivity contribution in [2.45, 2.75) is 32.9 Å². The zero-order chi connectivity index (χ0) is 26.1. The lowest BCUT2D eigenvalue weighted by Gasteiger charge is -2.33. The summed E-state index contributed by atoms with van der Waals surface area (Å²) in [4.78, 5) is 45.8. The molecule has 0 saturated carbocycles. The van der Waals surface area contributed by atoms with Gasteiger partial charge in [-0.25, -0.2) is 0 Å². The molecular weight excluding hydrogens is 464 g/mol. The molecule has 0 radical (unpaired) electrons. The summed E-state index contributed by atoms with van der Waals surface area (Å²) in [6.45, 7) is 10.1. The predicted molar refractivity (Wildman–Crippen MR) is 143 cm³/mol. The first kappa shape index (κ1) is 23.0. The molecule has 0 aliphatic carbocycles. The van der Waals surface area contributed by atoms with Crippen LogP contribution in [0.5, 0.6) is 0 Å². The van der Waals surface area contributed by atoms with Gasteiger partial charge in [0.2, 0.25) is 5.76 Å². The number of para-hydroxylation sites is 1. The van der Waals surface area contributed by atoms with Crippen molar-refractivity contribution in [1.82, 2.24) is 4.90 Å². The normalized spacial score (nSPS) is 18.1. The molecule has 6 heteroatoms. The van der Waals surface area contributed by atoms with Gasteiger partial charge in [0.05, 0.1) is 23.2 Å². The third-order valence-corrected chi connectivity index (χ3v) is 7.75. The Morgan fingerprint density at radius 3 is 2.38 bits per heavy atom. The minimum absolute atomic E-state index is 0.0785. The fraction of sp³-hybridized carbons (Fsp3) is 0.194. The number of hydrogen-bond acceptors (Lipinski definition) is 4. The topological polar surface area (TPSA) is 70.8 Å². The summed E-state index contributed by atoms with van der Waals surface area (Å²) in [5.74, 6) is -0.919. The second kappa shape index (κ2) is 8.03. The van der Waals surface area contributed by atoms with E-state index in [1.165, 1.54) is 4.90 Å². The van der Waals surface area contributed by atoms with E-state index in [-0.39, 0.29) is 29.2 Å². The summed E-state index contributed by atoms with van der Waals surface area (Å²) >= 11 is 0. The lowest BCUT2D eigenvalue weighted by atomic mass is 9.84. The van der Waals surface area contributed by atoms with Gasteiger partial charge in [-0.1, -0.05) is 48.5 Å². The molecule has 1 aromatic heterocycles. The van der Waals surface area contributed by atoms with Gasteiger partial charge in [0, 0.05) is 12.1 Å². The zero-order valence-electron chi connectivity index (χ0n) is 21.0. The van der Waals surface area contributed by atoms with Gasteiger partial charge in [0.1, 0.15) is 5.58 Å². The predicted octanol–water partition coefficient (Wildman–Crippen LogP) is 5.15. The number of hydrogen-bond donors (Lipinski definition) is 0. The Morgan fingerprint density at radius 1 is 0.919 bits per heavy atom. The van der Waals surface area contributed by atoms with E-state index in [9.17, 15) is 14.4 Å². The van der Waals surface area contributed by atoms with E-state index in [0.717, 1.165) is 22.3 Å². The molecular formula is C31H26N2O4. The molecule has 1 unspecified atom stereocenters. The molecule has 0 bridgehead atoms. The van der Waals surface area contributed by atoms with Crippen molar-refractivity contribution < 1.29 is 14.0 Å². The van der Waals surface area contributed by atoms with Gasteiger partial charge in [-0.15, -0.1) is 6.58 Å². The molecule has 3 aromatic carbocycles. The van der Waals surface area contributed by atoms with E-state index in [4.69, 9.17) is 4.42 Å². The van der Waals surface area contributed by atoms with Gasteiger partial charge in [0.25, 0.3) is 11.8 Å². The van der Waals surface area contributed by atoms with E-state index < -0.39 is 11.4 Å². The van der Waals surface area contributed by atoms with Gasteiger partial charge in [-0.2, -0.15) is 0 Å². The number of amides is 2. The Hall–Kier alpha value is -4.45. The molecule has 37 heavy (non-hydrogen) atoms. The largest absolute Gasteiger partial charge is 0.450 e. The first-order valence-electron chi connectivity index (χ1n) is 12.3. The van der Waals surface area contributed by atoms with Crippen LogP contribution in [0.15, 0.2) is 82.5 Å². The lowest BCUT2D eigenvalue weighted by molar-refractivity contribution is -0.126. The summed E-state index contributed by atoms with van der Waals surface area (Å²) in [6.07, 6.45) is 1.57. The Labute approximate surface area is 214 Å². The highest BCUT2D eigenvalue weighted by Gasteiger charge is 2.64. The van der Waals surface area contributed by atoms with E-state index in [1.54, 1.807) is 23.1 Å². The molecule has 6 rings (SSSR count). The molecule has 2 amide bonds. The average molecular weight is 491 g/mol. The number of carbonyl (C=O) groups is 2. The maximum Gasteiger partial charge on any atom is 0.291 e. The molecule has 4 aromatic rings. The fourth-order valence-electron chi connectivity index (χ4n) is 5.74. The number of rotatable bonds is 4. The molecule has 0 N–H and O–H groups in total. The summed E-state index contributed by atoms with van der Waals surface area (Å²) in [7, 11) is 0. The number of benzene rings is 3. The molecule has 0 saturated heterocycles. The smallest absolute Gasteiger partial charge is 0.291 e. The maximum absolute atomic E-state index is 14.6. The Kier molecular flexibility index (Phi) is 4.99. The van der Waals surface area contributed by atoms with Crippen molar-refractivity contribution in [2.75, 3.05) is 11.4 Å². The summed E-state index contributed by atoms with van der Waals surface area (Å²) in [6, 6.07) is 18.8. The molecule has 2 aliphatic rings. The van der Waals surface area contributed by atoms with Crippen LogP contribution in [0.1, 0.15) is 43.9 Å². The Balaban J connectivity index is 1.68. The quantitative estimate of drug-likeness (QED) is 0.371. The van der Waals surface area contributed by atoms with Gasteiger partial charge < -0.3 is 14.2 Å². The van der Waals surface area contributed by atoms with E-state index in [1.807, 2.05) is 69.3 Å². The number of carbonyl (C=O) groups excluding carboxylic acids is 2. The average Bonchev–Trinajstić information content (AvgIpc) is 3.27. The Morgan fingerprint density at radius 2 is 1.62 bits per heavy atom. The summed E-state index contributed by atoms with van der Waals surface area (Å²) < 4.78 is 6.14. The zero-order valence-corrected chi connectivity index (χ0v) is 21.0. The minimum atomic E-state index is -1.63. The highest BCUT2D eigenvalue weighted by molar-refractivity contribution is 6.17. The SMILES string of the molecule is C=CCN1C(=O)c2oc3cc(C)c(C)cc3c(=O)c2C12C(=O)N(Cc1ccccc1C)c1ccccc12. The molecule has 2 aliphatic heterocycles. The van der Waals surface area contributed by atoms with Crippen LogP contribution in [0.4, 0.5) is 5.69 Å². The first-order valence-corrected chi connectivity index (χ1v) is 12.3. The molecule has 184 valence electrons. The van der Waals surface area contributed by atoms with Crippen LogP contribution < -0.4 is 10.3 Å². The van der Waals surface area contributed by atoms with E-state index in [0.29, 0.717) is 28.8 Å². The third kappa shape index (κ3) is 2.96. The van der Waals surface area contributed by atoms with Crippen LogP contribution >= 0.6 is 0 Å². The van der Waals surface area contributed by atoms with Crippen molar-refractivity contribution in [2.24, 2.45) is 0 Å². The van der Waals surface area contributed by atoms with Crippen LogP contribution in [-0.4, -0.2) is 23.3 Å². The van der Waals surface area contributed by atoms with Crippen molar-refractivity contribution >= 4 is 28.5 Å². The fourth-order valence-corrected chi connectivity index (χ4v) is 5.74. The number of nitrogens with zero attached hydrogens (tertiary/aromatic N) is 2.